The molecule has 1 aliphatic heterocycles. The van der Waals surface area contributed by atoms with Crippen LogP contribution >= 0.6 is 0 Å². The molecule has 0 bridgehead atoms. The molecule has 1 aliphatic carbocycles. The summed E-state index contributed by atoms with van der Waals surface area (Å²) in [5.41, 5.74) is 0. The van der Waals surface area contributed by atoms with Crippen molar-refractivity contribution < 1.29 is 4.79 Å². The second kappa shape index (κ2) is 3.69. The Morgan fingerprint density at radius 1 is 1.57 bits per heavy atom. The second-order valence-corrected chi connectivity index (χ2v) is 4.13. The van der Waals surface area contributed by atoms with Gasteiger partial charge >= 0.3 is 0 Å². The summed E-state index contributed by atoms with van der Waals surface area (Å²) in [7, 11) is 3.81. The van der Waals surface area contributed by atoms with E-state index in [0.717, 1.165) is 19.4 Å². The van der Waals surface area contributed by atoms with Crippen LogP contribution in [-0.4, -0.2) is 43.3 Å². The number of Topliss-reactive ketones (excluding diaryl/α,β-unsaturated/α-hetero) is 1. The minimum atomic E-state index is 0.0963. The second-order valence-electron chi connectivity index (χ2n) is 4.13. The van der Waals surface area contributed by atoms with E-state index in [1.165, 1.54) is 6.42 Å². The zero-order valence-corrected chi connectivity index (χ0v) is 8.79. The van der Waals surface area contributed by atoms with Gasteiger partial charge in [0, 0.05) is 13.0 Å². The molecular weight excluding hydrogens is 178 g/mol. The predicted molar refractivity (Wildman–Crippen MR) is 55.3 cm³/mol. The van der Waals surface area contributed by atoms with Crippen LogP contribution in [0, 0.1) is 5.92 Å². The van der Waals surface area contributed by atoms with Crippen LogP contribution in [0.25, 0.3) is 0 Å². The Balaban J connectivity index is 2.05. The number of aliphatic imine (C=N–C) groups is 1. The number of carbonyl (C=O) groups excluding carboxylic acids is 1. The molecule has 0 spiro atoms. The van der Waals surface area contributed by atoms with Gasteiger partial charge < -0.3 is 4.90 Å². The molecule has 2 rings (SSSR count). The molecule has 0 aromatic carbocycles. The summed E-state index contributed by atoms with van der Waals surface area (Å²) < 4.78 is 0. The van der Waals surface area contributed by atoms with Crippen molar-refractivity contribution in [2.75, 3.05) is 20.6 Å². The molecule has 4 heteroatoms. The first-order valence-electron chi connectivity index (χ1n) is 5.23. The molecule has 14 heavy (non-hydrogen) atoms. The zero-order chi connectivity index (χ0) is 10.1. The molecule has 1 fully saturated rings. The van der Waals surface area contributed by atoms with E-state index in [1.54, 1.807) is 0 Å². The Labute approximate surface area is 84.4 Å². The van der Waals surface area contributed by atoms with Crippen LogP contribution in [0.5, 0.6) is 0 Å². The van der Waals surface area contributed by atoms with E-state index in [0.29, 0.717) is 5.84 Å². The lowest BCUT2D eigenvalue weighted by Gasteiger charge is -2.25. The molecule has 0 saturated heterocycles. The van der Waals surface area contributed by atoms with Gasteiger partial charge in [-0.25, -0.2) is 4.99 Å². The van der Waals surface area contributed by atoms with Crippen LogP contribution in [-0.2, 0) is 4.79 Å². The van der Waals surface area contributed by atoms with Gasteiger partial charge in [0.2, 0.25) is 5.78 Å². The van der Waals surface area contributed by atoms with E-state index in [-0.39, 0.29) is 17.9 Å². The molecular formula is C10H17N3O. The van der Waals surface area contributed by atoms with Crippen LogP contribution in [0.15, 0.2) is 4.99 Å². The van der Waals surface area contributed by atoms with Crippen LogP contribution in [0.3, 0.4) is 0 Å². The first-order valence-corrected chi connectivity index (χ1v) is 5.23. The smallest absolute Gasteiger partial charge is 0.200 e. The lowest BCUT2D eigenvalue weighted by molar-refractivity contribution is -0.119. The first kappa shape index (κ1) is 9.65. The summed E-state index contributed by atoms with van der Waals surface area (Å²) in [5, 5.41) is 3.07. The highest BCUT2D eigenvalue weighted by Crippen LogP contribution is 2.28. The van der Waals surface area contributed by atoms with Gasteiger partial charge in [0.05, 0.1) is 6.54 Å². The van der Waals surface area contributed by atoms with Gasteiger partial charge in [-0.15, -0.1) is 0 Å². The van der Waals surface area contributed by atoms with Gasteiger partial charge in [0.15, 0.2) is 5.84 Å². The number of hydrogen-bond donors (Lipinski definition) is 1. The van der Waals surface area contributed by atoms with Gasteiger partial charge in [-0.05, 0) is 19.9 Å². The number of likely N-dealkylation sites (N-methyl/N-ethyl adjacent to an activating group) is 2. The molecule has 1 N–H and O–H groups in total. The number of amidine groups is 1. The number of hydrogen-bond acceptors (Lipinski definition) is 4. The Morgan fingerprint density at radius 3 is 2.71 bits per heavy atom. The molecule has 1 saturated carbocycles. The Morgan fingerprint density at radius 2 is 2.29 bits per heavy atom. The average molecular weight is 195 g/mol. The highest BCUT2D eigenvalue weighted by atomic mass is 16.1. The highest BCUT2D eigenvalue weighted by molar-refractivity contribution is 6.40. The molecule has 0 amide bonds. The van der Waals surface area contributed by atoms with Gasteiger partial charge in [-0.3, -0.25) is 10.1 Å². The zero-order valence-electron chi connectivity index (χ0n) is 8.79. The average Bonchev–Trinajstić information content (AvgIpc) is 2.43. The minimum Gasteiger partial charge on any atom is -0.353 e. The Kier molecular flexibility index (Phi) is 2.54. The Hall–Kier alpha value is -0.900. The molecule has 1 heterocycles. The fourth-order valence-electron chi connectivity index (χ4n) is 1.89. The summed E-state index contributed by atoms with van der Waals surface area (Å²) in [4.78, 5) is 18.2. The van der Waals surface area contributed by atoms with E-state index in [9.17, 15) is 4.79 Å². The topological polar surface area (TPSA) is 44.7 Å². The SMILES string of the molecule is CNC1CN(C)C(C(=O)C2CCC2)=N1. The number of rotatable bonds is 3. The maximum Gasteiger partial charge on any atom is 0.200 e. The van der Waals surface area contributed by atoms with Crippen molar-refractivity contribution in [2.45, 2.75) is 25.4 Å². The number of nitrogens with one attached hydrogen (secondary N) is 1. The van der Waals surface area contributed by atoms with Crippen molar-refractivity contribution in [1.29, 1.82) is 0 Å². The number of ketones is 1. The normalized spacial score (nSPS) is 27.4. The summed E-state index contributed by atoms with van der Waals surface area (Å²) in [6.45, 7) is 0.810. The van der Waals surface area contributed by atoms with Crippen molar-refractivity contribution in [1.82, 2.24) is 10.2 Å². The van der Waals surface area contributed by atoms with Crippen molar-refractivity contribution in [3.63, 3.8) is 0 Å². The molecule has 0 radical (unpaired) electrons. The van der Waals surface area contributed by atoms with Crippen molar-refractivity contribution in [3.05, 3.63) is 0 Å². The van der Waals surface area contributed by atoms with E-state index in [2.05, 4.69) is 10.3 Å². The van der Waals surface area contributed by atoms with E-state index in [4.69, 9.17) is 0 Å². The van der Waals surface area contributed by atoms with E-state index >= 15 is 0 Å². The number of carbonyl (C=O) groups is 1. The standard InChI is InChI=1S/C10H17N3O/c1-11-8-6-13(2)10(12-8)9(14)7-4-3-5-7/h7-8,11H,3-6H2,1-2H3. The van der Waals surface area contributed by atoms with Crippen molar-refractivity contribution in [2.24, 2.45) is 10.9 Å². The summed E-state index contributed by atoms with van der Waals surface area (Å²) in [6.07, 6.45) is 3.40. The predicted octanol–water partition coefficient (Wildman–Crippen LogP) is 0.245. The third-order valence-corrected chi connectivity index (χ3v) is 3.12. The van der Waals surface area contributed by atoms with E-state index in [1.807, 2.05) is 19.0 Å². The van der Waals surface area contributed by atoms with Gasteiger partial charge in [0.1, 0.15) is 6.17 Å². The molecule has 2 aliphatic rings. The third-order valence-electron chi connectivity index (χ3n) is 3.12. The van der Waals surface area contributed by atoms with E-state index < -0.39 is 0 Å². The van der Waals surface area contributed by atoms with Crippen LogP contribution in [0.4, 0.5) is 0 Å². The first-order chi connectivity index (χ1) is 6.72. The van der Waals surface area contributed by atoms with Crippen LogP contribution < -0.4 is 5.32 Å². The minimum absolute atomic E-state index is 0.0963. The van der Waals surface area contributed by atoms with Crippen molar-refractivity contribution >= 4 is 11.6 Å². The van der Waals surface area contributed by atoms with Crippen molar-refractivity contribution in [3.8, 4) is 0 Å². The molecule has 78 valence electrons. The maximum absolute atomic E-state index is 11.9. The monoisotopic (exact) mass is 195 g/mol. The lowest BCUT2D eigenvalue weighted by atomic mass is 9.81. The lowest BCUT2D eigenvalue weighted by Crippen LogP contribution is -2.37. The summed E-state index contributed by atoms with van der Waals surface area (Å²) in [5.74, 6) is 1.18. The highest BCUT2D eigenvalue weighted by Gasteiger charge is 2.33. The fourth-order valence-corrected chi connectivity index (χ4v) is 1.89. The van der Waals surface area contributed by atoms with Gasteiger partial charge in [0.25, 0.3) is 0 Å². The molecule has 0 aromatic heterocycles. The van der Waals surface area contributed by atoms with Gasteiger partial charge in [-0.2, -0.15) is 0 Å². The summed E-state index contributed by atoms with van der Waals surface area (Å²) in [6, 6.07) is 0. The summed E-state index contributed by atoms with van der Waals surface area (Å²) >= 11 is 0. The fraction of sp³-hybridized carbons (Fsp3) is 0.800. The Bertz CT molecular complexity index is 271. The molecule has 1 unspecified atom stereocenters. The molecule has 0 aromatic rings. The maximum atomic E-state index is 11.9. The van der Waals surface area contributed by atoms with Crippen LogP contribution in [0.2, 0.25) is 0 Å². The largest absolute Gasteiger partial charge is 0.353 e. The van der Waals surface area contributed by atoms with Gasteiger partial charge in [-0.1, -0.05) is 6.42 Å². The number of nitrogens with zero attached hydrogens (tertiary/aromatic N) is 2. The molecule has 4 nitrogen and oxygen atoms in total. The third kappa shape index (κ3) is 1.54. The van der Waals surface area contributed by atoms with Crippen LogP contribution in [0.1, 0.15) is 19.3 Å². The quantitative estimate of drug-likeness (QED) is 0.702. The molecule has 1 atom stereocenters.